The van der Waals surface area contributed by atoms with Gasteiger partial charge in [-0.15, -0.1) is 13.2 Å². The minimum Gasteiger partial charge on any atom is -0.368 e. The van der Waals surface area contributed by atoms with Gasteiger partial charge in [0.25, 0.3) is 0 Å². The van der Waals surface area contributed by atoms with Crippen LogP contribution in [0.1, 0.15) is 64.9 Å². The molecule has 0 fully saturated rings. The van der Waals surface area contributed by atoms with E-state index < -0.39 is 23.3 Å². The van der Waals surface area contributed by atoms with Crippen molar-refractivity contribution in [2.75, 3.05) is 13.1 Å². The van der Waals surface area contributed by atoms with E-state index in [1.807, 2.05) is 57.2 Å². The van der Waals surface area contributed by atoms with E-state index in [0.717, 1.165) is 37.7 Å². The zero-order chi connectivity index (χ0) is 26.3. The molecule has 1 aromatic carbocycles. The molecule has 0 aliphatic carbocycles. The number of hydrogen-bond donors (Lipinski definition) is 1. The summed E-state index contributed by atoms with van der Waals surface area (Å²) in [6.07, 6.45) is 8.64. The highest BCUT2D eigenvalue weighted by atomic mass is 16.7. The Morgan fingerprint density at radius 2 is 1.69 bits per heavy atom. The van der Waals surface area contributed by atoms with E-state index in [-0.39, 0.29) is 19.1 Å². The van der Waals surface area contributed by atoms with Crippen molar-refractivity contribution in [3.05, 3.63) is 61.2 Å². The van der Waals surface area contributed by atoms with Crippen LogP contribution in [0, 0.1) is 11.3 Å². The molecule has 0 aliphatic heterocycles. The van der Waals surface area contributed by atoms with Gasteiger partial charge in [-0.3, -0.25) is 19.2 Å². The Balaban J connectivity index is 3.14. The number of carbonyl (C=O) groups excluding carboxylic acids is 3. The number of amides is 3. The first-order valence-electron chi connectivity index (χ1n) is 12.4. The molecular weight excluding hydrogens is 442 g/mol. The second kappa shape index (κ2) is 15.9. The molecule has 1 rings (SSSR count). The van der Waals surface area contributed by atoms with Gasteiger partial charge in [0.15, 0.2) is 0 Å². The Hall–Kier alpha value is -2.93. The fraction of sp³-hybridized carbons (Fsp3) is 0.536. The molecule has 1 aromatic rings. The topological polar surface area (TPSA) is 92.9 Å². The van der Waals surface area contributed by atoms with E-state index in [2.05, 4.69) is 13.2 Å². The molecule has 194 valence electrons. The Morgan fingerprint density at radius 3 is 2.23 bits per heavy atom. The van der Waals surface area contributed by atoms with E-state index in [9.17, 15) is 14.4 Å². The van der Waals surface area contributed by atoms with Crippen molar-refractivity contribution >= 4 is 18.2 Å². The smallest absolute Gasteiger partial charge is 0.240 e. The number of hydrogen-bond acceptors (Lipinski definition) is 4. The van der Waals surface area contributed by atoms with E-state index in [1.54, 1.807) is 11.0 Å². The number of rotatable bonds is 18. The largest absolute Gasteiger partial charge is 0.368 e. The van der Waals surface area contributed by atoms with E-state index in [0.29, 0.717) is 19.4 Å². The molecule has 2 atom stereocenters. The number of unbranched alkanes of at least 4 members (excludes halogenated alkanes) is 3. The second-order valence-corrected chi connectivity index (χ2v) is 9.87. The fourth-order valence-corrected chi connectivity index (χ4v) is 4.10. The number of allylic oxidation sites excluding steroid dienone is 2. The highest BCUT2D eigenvalue weighted by molar-refractivity contribution is 5.88. The minimum atomic E-state index is -0.768. The Morgan fingerprint density at radius 1 is 1.06 bits per heavy atom. The van der Waals surface area contributed by atoms with Crippen LogP contribution >= 0.6 is 0 Å². The van der Waals surface area contributed by atoms with Crippen molar-refractivity contribution in [2.24, 2.45) is 17.1 Å². The molecule has 3 amide bonds. The Bertz CT molecular complexity index is 804. The third-order valence-electron chi connectivity index (χ3n) is 5.81. The van der Waals surface area contributed by atoms with Crippen LogP contribution in [0.25, 0.3) is 0 Å². The van der Waals surface area contributed by atoms with Crippen molar-refractivity contribution in [3.63, 3.8) is 0 Å². The maximum Gasteiger partial charge on any atom is 0.240 e. The first kappa shape index (κ1) is 30.1. The van der Waals surface area contributed by atoms with Gasteiger partial charge in [-0.1, -0.05) is 63.3 Å². The van der Waals surface area contributed by atoms with Gasteiger partial charge >= 0.3 is 0 Å². The van der Waals surface area contributed by atoms with Crippen LogP contribution in [0.2, 0.25) is 0 Å². The van der Waals surface area contributed by atoms with Crippen molar-refractivity contribution in [1.82, 2.24) is 9.96 Å². The van der Waals surface area contributed by atoms with E-state index in [4.69, 9.17) is 10.6 Å². The lowest BCUT2D eigenvalue weighted by molar-refractivity contribution is -0.184. The first-order chi connectivity index (χ1) is 16.6. The number of carbonyl (C=O) groups is 3. The maximum atomic E-state index is 13.9. The predicted molar refractivity (Wildman–Crippen MR) is 140 cm³/mol. The lowest BCUT2D eigenvalue weighted by Gasteiger charge is -2.40. The minimum absolute atomic E-state index is 0.0884. The quantitative estimate of drug-likeness (QED) is 0.142. The summed E-state index contributed by atoms with van der Waals surface area (Å²) in [4.78, 5) is 45.5. The zero-order valence-corrected chi connectivity index (χ0v) is 21.7. The van der Waals surface area contributed by atoms with Crippen LogP contribution in [0.3, 0.4) is 0 Å². The SMILES string of the molecule is C=CCCCCN(C(=O)[C@H](CCCC=C)CN(C=O)OCc1ccccc1)[C@H](C(N)=O)C(C)(C)C. The number of benzene rings is 1. The van der Waals surface area contributed by atoms with Gasteiger partial charge in [0.1, 0.15) is 12.6 Å². The Labute approximate surface area is 210 Å². The molecule has 7 heteroatoms. The highest BCUT2D eigenvalue weighted by Gasteiger charge is 2.39. The molecule has 2 N–H and O–H groups in total. The summed E-state index contributed by atoms with van der Waals surface area (Å²) in [6.45, 7) is 13.9. The summed E-state index contributed by atoms with van der Waals surface area (Å²) < 4.78 is 0. The first-order valence-corrected chi connectivity index (χ1v) is 12.4. The van der Waals surface area contributed by atoms with Gasteiger partial charge < -0.3 is 10.6 Å². The van der Waals surface area contributed by atoms with Crippen LogP contribution in [0.5, 0.6) is 0 Å². The van der Waals surface area contributed by atoms with Crippen LogP contribution in [-0.2, 0) is 25.8 Å². The molecule has 0 unspecified atom stereocenters. The number of hydroxylamine groups is 2. The highest BCUT2D eigenvalue weighted by Crippen LogP contribution is 2.27. The van der Waals surface area contributed by atoms with Crippen molar-refractivity contribution < 1.29 is 19.2 Å². The monoisotopic (exact) mass is 485 g/mol. The average Bonchev–Trinajstić information content (AvgIpc) is 2.81. The normalized spacial score (nSPS) is 12.9. The van der Waals surface area contributed by atoms with Gasteiger partial charge in [0.05, 0.1) is 12.5 Å². The summed E-state index contributed by atoms with van der Waals surface area (Å²) >= 11 is 0. The number of nitrogens with two attached hydrogens (primary N) is 1. The van der Waals surface area contributed by atoms with Gasteiger partial charge in [0, 0.05) is 6.54 Å². The third kappa shape index (κ3) is 10.9. The van der Waals surface area contributed by atoms with Gasteiger partial charge in [0.2, 0.25) is 18.2 Å². The average molecular weight is 486 g/mol. The van der Waals surface area contributed by atoms with Gasteiger partial charge in [-0.2, -0.15) is 0 Å². The Kier molecular flexibility index (Phi) is 13.7. The van der Waals surface area contributed by atoms with Crippen molar-refractivity contribution in [1.29, 1.82) is 0 Å². The number of nitrogens with zero attached hydrogens (tertiary/aromatic N) is 2. The van der Waals surface area contributed by atoms with E-state index in [1.165, 1.54) is 5.06 Å². The number of primary amides is 1. The molecule has 7 nitrogen and oxygen atoms in total. The molecule has 0 radical (unpaired) electrons. The molecular formula is C28H43N3O4. The fourth-order valence-electron chi connectivity index (χ4n) is 4.10. The van der Waals surface area contributed by atoms with Gasteiger partial charge in [-0.25, -0.2) is 5.06 Å². The van der Waals surface area contributed by atoms with Crippen LogP contribution in [0.15, 0.2) is 55.6 Å². The standard InChI is InChI=1S/C28H43N3O4/c1-6-8-10-15-19-31(25(26(29)33)28(3,4)5)27(34)24(18-12-9-7-2)20-30(22-32)35-21-23-16-13-11-14-17-23/h6-7,11,13-14,16-17,22,24-25H,1-2,8-10,12,15,18-21H2,3-5H3,(H2,29,33)/t24-,25-/m1/s1. The molecule has 35 heavy (non-hydrogen) atoms. The molecule has 0 saturated heterocycles. The zero-order valence-electron chi connectivity index (χ0n) is 21.7. The van der Waals surface area contributed by atoms with E-state index >= 15 is 0 Å². The summed E-state index contributed by atoms with van der Waals surface area (Å²) in [5.74, 6) is -1.27. The lowest BCUT2D eigenvalue weighted by atomic mass is 9.84. The molecule has 0 bridgehead atoms. The third-order valence-corrected chi connectivity index (χ3v) is 5.81. The summed E-state index contributed by atoms with van der Waals surface area (Å²) in [5.41, 5.74) is 6.17. The molecule has 0 aliphatic rings. The lowest BCUT2D eigenvalue weighted by Crippen LogP contribution is -2.57. The molecule has 0 saturated carbocycles. The van der Waals surface area contributed by atoms with Crippen LogP contribution < -0.4 is 5.73 Å². The summed E-state index contributed by atoms with van der Waals surface area (Å²) in [5, 5.41) is 1.18. The van der Waals surface area contributed by atoms with Gasteiger partial charge in [-0.05, 0) is 49.5 Å². The maximum absolute atomic E-state index is 13.9. The van der Waals surface area contributed by atoms with Crippen molar-refractivity contribution in [3.8, 4) is 0 Å². The summed E-state index contributed by atoms with van der Waals surface area (Å²) in [6, 6.07) is 8.74. The molecule has 0 heterocycles. The van der Waals surface area contributed by atoms with Crippen molar-refractivity contribution in [2.45, 2.75) is 71.9 Å². The van der Waals surface area contributed by atoms with Crippen LogP contribution in [-0.4, -0.2) is 47.3 Å². The second-order valence-electron chi connectivity index (χ2n) is 9.87. The molecule has 0 spiro atoms. The predicted octanol–water partition coefficient (Wildman–Crippen LogP) is 4.63. The molecule has 0 aromatic heterocycles. The summed E-state index contributed by atoms with van der Waals surface area (Å²) in [7, 11) is 0. The van der Waals surface area contributed by atoms with Crippen LogP contribution in [0.4, 0.5) is 0 Å².